The highest BCUT2D eigenvalue weighted by Gasteiger charge is 2.42. The molecular weight excluding hydrogens is 367 g/mol. The number of aryl methyl sites for hydroxylation is 1. The summed E-state index contributed by atoms with van der Waals surface area (Å²) in [4.78, 5) is 21.6. The smallest absolute Gasteiger partial charge is 0.391 e. The van der Waals surface area contributed by atoms with Gasteiger partial charge in [-0.1, -0.05) is 6.42 Å². The average Bonchev–Trinajstić information content (AvgIpc) is 2.93. The predicted molar refractivity (Wildman–Crippen MR) is 93.5 cm³/mol. The highest BCUT2D eigenvalue weighted by atomic mass is 32.1. The molecule has 0 aliphatic heterocycles. The van der Waals surface area contributed by atoms with Gasteiger partial charge in [0.2, 0.25) is 0 Å². The number of thiophene rings is 1. The van der Waals surface area contributed by atoms with E-state index in [1.807, 2.05) is 0 Å². The summed E-state index contributed by atoms with van der Waals surface area (Å²) in [5, 5.41) is 3.83. The number of carbonyl (C=O) groups is 1. The molecule has 2 heterocycles. The first-order valence-corrected chi connectivity index (χ1v) is 9.37. The first kappa shape index (κ1) is 18.9. The summed E-state index contributed by atoms with van der Waals surface area (Å²) in [7, 11) is 0. The van der Waals surface area contributed by atoms with Gasteiger partial charge in [-0.2, -0.15) is 13.2 Å². The van der Waals surface area contributed by atoms with Crippen LogP contribution in [0.25, 0.3) is 10.2 Å². The molecule has 0 saturated heterocycles. The van der Waals surface area contributed by atoms with Crippen LogP contribution in [0.4, 0.5) is 19.0 Å². The van der Waals surface area contributed by atoms with E-state index in [1.165, 1.54) is 17.7 Å². The SMILES string of the molecule is CCOC(=O)c1sc2ncnc(N[C@H]3CCC[C@@H](C(F)(F)F)C3)c2c1C. The number of carbonyl (C=O) groups excluding carboxylic acids is 1. The molecule has 0 unspecified atom stereocenters. The van der Waals surface area contributed by atoms with Crippen molar-refractivity contribution < 1.29 is 22.7 Å². The quantitative estimate of drug-likeness (QED) is 0.770. The highest BCUT2D eigenvalue weighted by molar-refractivity contribution is 7.20. The number of hydrogen-bond acceptors (Lipinski definition) is 6. The van der Waals surface area contributed by atoms with E-state index in [0.717, 1.165) is 0 Å². The molecule has 0 aromatic carbocycles. The Bertz CT molecular complexity index is 806. The van der Waals surface area contributed by atoms with E-state index in [4.69, 9.17) is 4.74 Å². The third kappa shape index (κ3) is 3.77. The largest absolute Gasteiger partial charge is 0.462 e. The molecule has 5 nitrogen and oxygen atoms in total. The lowest BCUT2D eigenvalue weighted by Gasteiger charge is -2.31. The number of halogens is 3. The maximum atomic E-state index is 13.0. The molecular formula is C17H20F3N3O2S. The van der Waals surface area contributed by atoms with Crippen molar-refractivity contribution in [2.24, 2.45) is 5.92 Å². The molecule has 0 amide bonds. The van der Waals surface area contributed by atoms with Crippen LogP contribution < -0.4 is 5.32 Å². The Labute approximate surface area is 153 Å². The van der Waals surface area contributed by atoms with Gasteiger partial charge in [0, 0.05) is 6.04 Å². The summed E-state index contributed by atoms with van der Waals surface area (Å²) in [6.07, 6.45) is -1.43. The Kier molecular flexibility index (Phi) is 5.36. The second-order valence-electron chi connectivity index (χ2n) is 6.43. The number of anilines is 1. The minimum absolute atomic E-state index is 0.0307. The van der Waals surface area contributed by atoms with Crippen molar-refractivity contribution in [3.63, 3.8) is 0 Å². The lowest BCUT2D eigenvalue weighted by atomic mass is 9.85. The van der Waals surface area contributed by atoms with Gasteiger partial charge in [-0.05, 0) is 38.7 Å². The van der Waals surface area contributed by atoms with Gasteiger partial charge in [0.15, 0.2) is 0 Å². The topological polar surface area (TPSA) is 64.1 Å². The molecule has 2 aromatic heterocycles. The Balaban J connectivity index is 1.87. The molecule has 3 rings (SSSR count). The number of fused-ring (bicyclic) bond motifs is 1. The van der Waals surface area contributed by atoms with Gasteiger partial charge < -0.3 is 10.1 Å². The molecule has 1 saturated carbocycles. The van der Waals surface area contributed by atoms with E-state index in [1.54, 1.807) is 13.8 Å². The summed E-state index contributed by atoms with van der Waals surface area (Å²) < 4.78 is 44.2. The summed E-state index contributed by atoms with van der Waals surface area (Å²) in [5.41, 5.74) is 0.690. The molecule has 2 atom stereocenters. The third-order valence-corrected chi connectivity index (χ3v) is 5.85. The van der Waals surface area contributed by atoms with Crippen LogP contribution in [0.15, 0.2) is 6.33 Å². The van der Waals surface area contributed by atoms with E-state index in [0.29, 0.717) is 39.3 Å². The number of esters is 1. The molecule has 1 aliphatic carbocycles. The third-order valence-electron chi connectivity index (χ3n) is 4.67. The number of hydrogen-bond donors (Lipinski definition) is 1. The van der Waals surface area contributed by atoms with Crippen LogP contribution in [0, 0.1) is 12.8 Å². The average molecular weight is 387 g/mol. The van der Waals surface area contributed by atoms with Crippen LogP contribution in [0.2, 0.25) is 0 Å². The lowest BCUT2D eigenvalue weighted by Crippen LogP contribution is -2.34. The van der Waals surface area contributed by atoms with Crippen LogP contribution in [-0.4, -0.2) is 34.8 Å². The first-order chi connectivity index (χ1) is 12.3. The molecule has 9 heteroatoms. The number of aromatic nitrogens is 2. The summed E-state index contributed by atoms with van der Waals surface area (Å²) in [5.74, 6) is -1.23. The predicted octanol–water partition coefficient (Wildman–Crippen LogP) is 4.71. The van der Waals surface area contributed by atoms with Crippen LogP contribution >= 0.6 is 11.3 Å². The van der Waals surface area contributed by atoms with Crippen molar-refractivity contribution in [3.05, 3.63) is 16.8 Å². The van der Waals surface area contributed by atoms with Gasteiger partial charge in [-0.3, -0.25) is 0 Å². The van der Waals surface area contributed by atoms with E-state index in [-0.39, 0.29) is 25.5 Å². The molecule has 0 spiro atoms. The molecule has 1 fully saturated rings. The van der Waals surface area contributed by atoms with Gasteiger partial charge in [0.25, 0.3) is 0 Å². The number of nitrogens with one attached hydrogen (secondary N) is 1. The Hall–Kier alpha value is -1.90. The van der Waals surface area contributed by atoms with Crippen molar-refractivity contribution in [1.29, 1.82) is 0 Å². The van der Waals surface area contributed by atoms with Crippen molar-refractivity contribution in [1.82, 2.24) is 9.97 Å². The Morgan fingerprint density at radius 3 is 2.85 bits per heavy atom. The van der Waals surface area contributed by atoms with Crippen LogP contribution in [-0.2, 0) is 4.74 Å². The normalized spacial score (nSPS) is 21.0. The fraction of sp³-hybridized carbons (Fsp3) is 0.588. The molecule has 26 heavy (non-hydrogen) atoms. The molecule has 142 valence electrons. The van der Waals surface area contributed by atoms with Gasteiger partial charge in [0.1, 0.15) is 21.9 Å². The standard InChI is InChI=1S/C17H20F3N3O2S/c1-3-25-16(24)13-9(2)12-14(21-8-22-15(12)26-13)23-11-6-4-5-10(7-11)17(18,19)20/h8,10-11H,3-7H2,1-2H3,(H,21,22,23)/t10-,11+/m1/s1. The minimum Gasteiger partial charge on any atom is -0.462 e. The van der Waals surface area contributed by atoms with Crippen LogP contribution in [0.5, 0.6) is 0 Å². The number of nitrogens with zero attached hydrogens (tertiary/aromatic N) is 2. The first-order valence-electron chi connectivity index (χ1n) is 8.55. The Morgan fingerprint density at radius 2 is 2.15 bits per heavy atom. The molecule has 1 aliphatic rings. The molecule has 2 aromatic rings. The van der Waals surface area contributed by atoms with E-state index in [2.05, 4.69) is 15.3 Å². The number of ether oxygens (including phenoxy) is 1. The van der Waals surface area contributed by atoms with Gasteiger partial charge in [-0.25, -0.2) is 14.8 Å². The van der Waals surface area contributed by atoms with Crippen molar-refractivity contribution in [2.75, 3.05) is 11.9 Å². The van der Waals surface area contributed by atoms with Gasteiger partial charge in [-0.15, -0.1) is 11.3 Å². The van der Waals surface area contributed by atoms with E-state index >= 15 is 0 Å². The van der Waals surface area contributed by atoms with Crippen molar-refractivity contribution in [3.8, 4) is 0 Å². The zero-order chi connectivity index (χ0) is 18.9. The second kappa shape index (κ2) is 7.38. The fourth-order valence-corrected chi connectivity index (χ4v) is 4.43. The zero-order valence-corrected chi connectivity index (χ0v) is 15.3. The molecule has 0 bridgehead atoms. The van der Waals surface area contributed by atoms with Crippen molar-refractivity contribution in [2.45, 2.75) is 51.7 Å². The maximum absolute atomic E-state index is 13.0. The molecule has 1 N–H and O–H groups in total. The van der Waals surface area contributed by atoms with E-state index < -0.39 is 18.1 Å². The second-order valence-corrected chi connectivity index (χ2v) is 7.42. The lowest BCUT2D eigenvalue weighted by molar-refractivity contribution is -0.182. The highest BCUT2D eigenvalue weighted by Crippen LogP contribution is 2.39. The number of alkyl halides is 3. The van der Waals surface area contributed by atoms with Crippen molar-refractivity contribution >= 4 is 33.3 Å². The Morgan fingerprint density at radius 1 is 1.38 bits per heavy atom. The maximum Gasteiger partial charge on any atom is 0.391 e. The monoisotopic (exact) mass is 387 g/mol. The van der Waals surface area contributed by atoms with Crippen LogP contribution in [0.3, 0.4) is 0 Å². The summed E-state index contributed by atoms with van der Waals surface area (Å²) in [6, 6.07) is -0.307. The van der Waals surface area contributed by atoms with Gasteiger partial charge in [0.05, 0.1) is 17.9 Å². The number of rotatable bonds is 4. The summed E-state index contributed by atoms with van der Waals surface area (Å²) >= 11 is 1.21. The fourth-order valence-electron chi connectivity index (χ4n) is 3.38. The van der Waals surface area contributed by atoms with E-state index in [9.17, 15) is 18.0 Å². The minimum atomic E-state index is -4.17. The molecule has 0 radical (unpaired) electrons. The van der Waals surface area contributed by atoms with Gasteiger partial charge >= 0.3 is 12.1 Å². The zero-order valence-electron chi connectivity index (χ0n) is 14.5. The van der Waals surface area contributed by atoms with Crippen LogP contribution in [0.1, 0.15) is 47.8 Å². The summed E-state index contributed by atoms with van der Waals surface area (Å²) in [6.45, 7) is 3.77.